The van der Waals surface area contributed by atoms with E-state index in [2.05, 4.69) is 20.7 Å². The molecule has 0 spiro atoms. The van der Waals surface area contributed by atoms with Crippen molar-refractivity contribution < 1.29 is 9.53 Å². The molecule has 7 nitrogen and oxygen atoms in total. The average molecular weight is 381 g/mol. The maximum atomic E-state index is 12.0. The number of nitrogens with zero attached hydrogens (tertiary/aromatic N) is 4. The molecule has 0 unspecified atom stereocenters. The van der Waals surface area contributed by atoms with E-state index in [1.54, 1.807) is 7.11 Å². The minimum atomic E-state index is -0.155. The number of ether oxygens (including phenoxy) is 1. The highest BCUT2D eigenvalue weighted by Gasteiger charge is 2.16. The molecule has 0 aliphatic heterocycles. The van der Waals surface area contributed by atoms with Gasteiger partial charge in [-0.25, -0.2) is 0 Å². The van der Waals surface area contributed by atoms with Gasteiger partial charge in [0.05, 0.1) is 12.8 Å². The summed E-state index contributed by atoms with van der Waals surface area (Å²) in [7, 11) is 3.47. The van der Waals surface area contributed by atoms with Crippen LogP contribution < -0.4 is 10.2 Å². The molecule has 1 heterocycles. The lowest BCUT2D eigenvalue weighted by Crippen LogP contribution is -2.09. The van der Waals surface area contributed by atoms with Gasteiger partial charge >= 0.3 is 0 Å². The topological polar surface area (TPSA) is 81.4 Å². The number of aromatic nitrogens is 3. The third kappa shape index (κ3) is 4.53. The Morgan fingerprint density at radius 2 is 1.81 bits per heavy atom. The van der Waals surface area contributed by atoms with Crippen LogP contribution >= 0.6 is 11.8 Å². The van der Waals surface area contributed by atoms with Gasteiger partial charge in [0.2, 0.25) is 0 Å². The molecular formula is C19H19N5O2S. The van der Waals surface area contributed by atoms with Gasteiger partial charge in [-0.3, -0.25) is 10.2 Å². The van der Waals surface area contributed by atoms with Crippen LogP contribution in [-0.2, 0) is 11.8 Å². The van der Waals surface area contributed by atoms with Crippen LogP contribution in [0.25, 0.3) is 11.4 Å². The number of nitrogens with one attached hydrogen (secondary N) is 1. The van der Waals surface area contributed by atoms with Crippen molar-refractivity contribution in [2.24, 2.45) is 12.1 Å². The van der Waals surface area contributed by atoms with Gasteiger partial charge in [0.25, 0.3) is 0 Å². The number of Topliss-reactive ketones (excluding diaryl/α,β-unsaturated/α-hetero) is 1. The number of benzene rings is 2. The third-order valence-corrected chi connectivity index (χ3v) is 4.84. The lowest BCUT2D eigenvalue weighted by molar-refractivity contribution is -0.110. The number of methoxy groups -OCH3 is 1. The van der Waals surface area contributed by atoms with Gasteiger partial charge in [-0.15, -0.1) is 10.2 Å². The molecule has 0 saturated heterocycles. The molecule has 3 rings (SSSR count). The van der Waals surface area contributed by atoms with Gasteiger partial charge < -0.3 is 9.30 Å². The van der Waals surface area contributed by atoms with E-state index in [4.69, 9.17) is 4.74 Å². The molecule has 0 amide bonds. The second-order valence-electron chi connectivity index (χ2n) is 5.65. The van der Waals surface area contributed by atoms with E-state index in [1.807, 2.05) is 66.2 Å². The molecule has 0 atom stereocenters. The number of hydrogen-bond acceptors (Lipinski definition) is 7. The first-order chi connectivity index (χ1) is 13.1. The number of anilines is 1. The van der Waals surface area contributed by atoms with Crippen molar-refractivity contribution in [2.75, 3.05) is 12.5 Å². The summed E-state index contributed by atoms with van der Waals surface area (Å²) in [5, 5.41) is 13.5. The summed E-state index contributed by atoms with van der Waals surface area (Å²) >= 11 is 1.17. The maximum Gasteiger partial charge on any atom is 0.197 e. The summed E-state index contributed by atoms with van der Waals surface area (Å²) < 4.78 is 7.00. The smallest absolute Gasteiger partial charge is 0.197 e. The summed E-state index contributed by atoms with van der Waals surface area (Å²) in [5.41, 5.74) is 4.60. The fraction of sp³-hybridized carbons (Fsp3) is 0.158. The number of para-hydroxylation sites is 1. The minimum absolute atomic E-state index is 0.155. The number of carbonyl (C=O) groups excluding carboxylic acids is 1. The normalized spacial score (nSPS) is 11.3. The lowest BCUT2D eigenvalue weighted by Gasteiger charge is -2.06. The van der Waals surface area contributed by atoms with E-state index in [0.717, 1.165) is 17.0 Å². The molecule has 3 aromatic rings. The second-order valence-corrected chi connectivity index (χ2v) is 6.60. The monoisotopic (exact) mass is 381 g/mol. The van der Waals surface area contributed by atoms with E-state index in [9.17, 15) is 4.79 Å². The van der Waals surface area contributed by atoms with Crippen LogP contribution in [0.1, 0.15) is 6.92 Å². The van der Waals surface area contributed by atoms with Gasteiger partial charge in [-0.05, 0) is 48.2 Å². The molecule has 0 aliphatic carbocycles. The number of hydrazone groups is 1. The summed E-state index contributed by atoms with van der Waals surface area (Å²) in [5.74, 6) is 1.31. The van der Waals surface area contributed by atoms with Crippen molar-refractivity contribution in [2.45, 2.75) is 12.1 Å². The largest absolute Gasteiger partial charge is 0.497 e. The second kappa shape index (κ2) is 8.50. The Balaban J connectivity index is 1.80. The predicted octanol–water partition coefficient (Wildman–Crippen LogP) is 3.60. The number of ketones is 1. The summed E-state index contributed by atoms with van der Waals surface area (Å²) in [6.45, 7) is 1.47. The van der Waals surface area contributed by atoms with Gasteiger partial charge in [-0.2, -0.15) is 5.10 Å². The van der Waals surface area contributed by atoms with Gasteiger partial charge in [0.15, 0.2) is 21.8 Å². The van der Waals surface area contributed by atoms with Crippen molar-refractivity contribution in [3.8, 4) is 17.1 Å². The predicted molar refractivity (Wildman–Crippen MR) is 107 cm³/mol. The molecule has 1 aromatic heterocycles. The molecule has 0 saturated carbocycles. The van der Waals surface area contributed by atoms with Crippen molar-refractivity contribution >= 4 is 28.3 Å². The fourth-order valence-corrected chi connectivity index (χ4v) is 3.00. The van der Waals surface area contributed by atoms with Crippen LogP contribution in [0.15, 0.2) is 64.9 Å². The highest BCUT2D eigenvalue weighted by molar-refractivity contribution is 8.15. The molecule has 8 heteroatoms. The summed E-state index contributed by atoms with van der Waals surface area (Å²) in [4.78, 5) is 12.0. The molecule has 2 aromatic carbocycles. The Labute approximate surface area is 161 Å². The van der Waals surface area contributed by atoms with Crippen LogP contribution in [-0.4, -0.2) is 32.7 Å². The van der Waals surface area contributed by atoms with Crippen LogP contribution in [0.4, 0.5) is 5.69 Å². The zero-order valence-electron chi connectivity index (χ0n) is 15.2. The minimum Gasteiger partial charge on any atom is -0.497 e. The first-order valence-corrected chi connectivity index (χ1v) is 9.01. The van der Waals surface area contributed by atoms with E-state index in [0.29, 0.717) is 16.0 Å². The molecule has 0 aliphatic rings. The molecule has 0 radical (unpaired) electrons. The van der Waals surface area contributed by atoms with Crippen LogP contribution in [0.3, 0.4) is 0 Å². The molecule has 138 valence electrons. The summed E-state index contributed by atoms with van der Waals surface area (Å²) in [6.07, 6.45) is 0. The van der Waals surface area contributed by atoms with Crippen molar-refractivity contribution in [3.05, 3.63) is 54.6 Å². The Bertz CT molecular complexity index is 952. The Morgan fingerprint density at radius 1 is 1.11 bits per heavy atom. The number of thioether (sulfide) groups is 1. The fourth-order valence-electron chi connectivity index (χ4n) is 2.28. The number of carbonyl (C=O) groups is 1. The molecule has 1 N–H and O–H groups in total. The zero-order chi connectivity index (χ0) is 19.2. The lowest BCUT2D eigenvalue weighted by atomic mass is 10.2. The SMILES string of the molecule is COc1ccc(-c2nnc(SC(=NNc3ccccc3)C(C)=O)n2C)cc1. The van der Waals surface area contributed by atoms with E-state index < -0.39 is 0 Å². The highest BCUT2D eigenvalue weighted by Crippen LogP contribution is 2.25. The van der Waals surface area contributed by atoms with Gasteiger partial charge in [-0.1, -0.05) is 18.2 Å². The Hall–Kier alpha value is -3.13. The van der Waals surface area contributed by atoms with Crippen molar-refractivity contribution in [3.63, 3.8) is 0 Å². The van der Waals surface area contributed by atoms with Crippen molar-refractivity contribution in [1.29, 1.82) is 0 Å². The zero-order valence-corrected chi connectivity index (χ0v) is 16.0. The Kier molecular flexibility index (Phi) is 5.87. The maximum absolute atomic E-state index is 12.0. The molecular weight excluding hydrogens is 362 g/mol. The van der Waals surface area contributed by atoms with Crippen LogP contribution in [0.2, 0.25) is 0 Å². The quantitative estimate of drug-likeness (QED) is 0.304. The number of hydrogen-bond donors (Lipinski definition) is 1. The number of rotatable bonds is 6. The first kappa shape index (κ1) is 18.7. The molecule has 0 bridgehead atoms. The van der Waals surface area contributed by atoms with E-state index in [1.165, 1.54) is 18.7 Å². The molecule has 0 fully saturated rings. The van der Waals surface area contributed by atoms with Crippen LogP contribution in [0.5, 0.6) is 5.75 Å². The molecule has 27 heavy (non-hydrogen) atoms. The van der Waals surface area contributed by atoms with Crippen LogP contribution in [0, 0.1) is 0 Å². The third-order valence-electron chi connectivity index (χ3n) is 3.73. The highest BCUT2D eigenvalue weighted by atomic mass is 32.2. The van der Waals surface area contributed by atoms with Gasteiger partial charge in [0, 0.05) is 19.5 Å². The van der Waals surface area contributed by atoms with Gasteiger partial charge in [0.1, 0.15) is 5.75 Å². The van der Waals surface area contributed by atoms with E-state index in [-0.39, 0.29) is 5.78 Å². The standard InChI is InChI=1S/C19H19N5O2S/c1-13(25)18(22-20-15-7-5-4-6-8-15)27-19-23-21-17(24(19)2)14-9-11-16(26-3)12-10-14/h4-12,20H,1-3H3. The van der Waals surface area contributed by atoms with E-state index >= 15 is 0 Å². The average Bonchev–Trinajstić information content (AvgIpc) is 3.06. The first-order valence-electron chi connectivity index (χ1n) is 8.20. The summed E-state index contributed by atoms with van der Waals surface area (Å²) in [6, 6.07) is 17.0. The Morgan fingerprint density at radius 3 is 2.44 bits per heavy atom. The van der Waals surface area contributed by atoms with Crippen molar-refractivity contribution in [1.82, 2.24) is 14.8 Å².